The number of benzene rings is 2. The van der Waals surface area contributed by atoms with Crippen LogP contribution < -0.4 is 0 Å². The van der Waals surface area contributed by atoms with Crippen molar-refractivity contribution in [1.82, 2.24) is 0 Å². The number of rotatable bonds is 6. The molecule has 0 unspecified atom stereocenters. The summed E-state index contributed by atoms with van der Waals surface area (Å²) in [5.74, 6) is 0. The van der Waals surface area contributed by atoms with E-state index in [1.54, 1.807) is 13.8 Å². The Morgan fingerprint density at radius 1 is 0.920 bits per heavy atom. The predicted octanol–water partition coefficient (Wildman–Crippen LogP) is 4.61. The summed E-state index contributed by atoms with van der Waals surface area (Å²) in [4.78, 5) is 12.0. The molecular weight excluding hydrogens is 337 g/mol. The van der Waals surface area contributed by atoms with Gasteiger partial charge in [0, 0.05) is 0 Å². The van der Waals surface area contributed by atoms with Gasteiger partial charge in [0.05, 0.1) is 0 Å². The molecule has 6 heteroatoms. The summed E-state index contributed by atoms with van der Waals surface area (Å²) in [6.45, 7) is 5.92. The van der Waals surface area contributed by atoms with Crippen LogP contribution in [-0.2, 0) is 18.8 Å². The van der Waals surface area contributed by atoms with Crippen molar-refractivity contribution in [1.29, 1.82) is 0 Å². The van der Waals surface area contributed by atoms with Crippen LogP contribution in [0.5, 0.6) is 0 Å². The first kappa shape index (κ1) is 18.0. The Balaban J connectivity index is 2.41. The fraction of sp³-hybridized carbons (Fsp3) is 0.316. The van der Waals surface area contributed by atoms with Crippen LogP contribution >= 0.6 is 7.51 Å². The van der Waals surface area contributed by atoms with E-state index in [4.69, 9.17) is 13.7 Å². The van der Waals surface area contributed by atoms with Crippen molar-refractivity contribution in [3.05, 3.63) is 71.8 Å². The van der Waals surface area contributed by atoms with Crippen molar-refractivity contribution in [2.24, 2.45) is 5.16 Å². The zero-order valence-electron chi connectivity index (χ0n) is 14.8. The summed E-state index contributed by atoms with van der Waals surface area (Å²) < 4.78 is 17.6. The molecule has 25 heavy (non-hydrogen) atoms. The average molecular weight is 361 g/mol. The van der Waals surface area contributed by atoms with E-state index in [2.05, 4.69) is 5.16 Å². The summed E-state index contributed by atoms with van der Waals surface area (Å²) >= 11 is 0. The summed E-state index contributed by atoms with van der Waals surface area (Å²) in [5.41, 5.74) is 2.25. The zero-order chi connectivity index (χ0) is 18.0. The van der Waals surface area contributed by atoms with Crippen LogP contribution in [0.1, 0.15) is 31.9 Å². The molecule has 0 saturated heterocycles. The molecule has 2 aromatic rings. The molecular formula is C19H24NO4P. The molecule has 0 fully saturated rings. The van der Waals surface area contributed by atoms with Crippen molar-refractivity contribution in [2.75, 3.05) is 13.2 Å². The Morgan fingerprint density at radius 3 is 1.76 bits per heavy atom. The summed E-state index contributed by atoms with van der Waals surface area (Å²) in [6, 6.07) is 19.3. The van der Waals surface area contributed by atoms with Crippen LogP contribution in [0.25, 0.3) is 0 Å². The SMILES string of the molecule is CCOP1(O)(OCC)ON=C(C)C1(c1ccccc1)c1ccccc1. The topological polar surface area (TPSA) is 60.3 Å². The third-order valence-electron chi connectivity index (χ3n) is 4.50. The third-order valence-corrected chi connectivity index (χ3v) is 8.26. The van der Waals surface area contributed by atoms with Gasteiger partial charge in [0.1, 0.15) is 0 Å². The first-order valence-corrected chi connectivity index (χ1v) is 10.4. The Kier molecular flexibility index (Phi) is 4.69. The van der Waals surface area contributed by atoms with Crippen molar-refractivity contribution in [3.8, 4) is 0 Å². The van der Waals surface area contributed by atoms with Gasteiger partial charge in [-0.1, -0.05) is 0 Å². The van der Waals surface area contributed by atoms with Crippen LogP contribution in [0.2, 0.25) is 0 Å². The molecule has 1 aliphatic heterocycles. The molecule has 0 radical (unpaired) electrons. The summed E-state index contributed by atoms with van der Waals surface area (Å²) in [7, 11) is -4.67. The van der Waals surface area contributed by atoms with Crippen LogP contribution in [0.3, 0.4) is 0 Å². The minimum atomic E-state index is -4.67. The van der Waals surface area contributed by atoms with Gasteiger partial charge in [-0.25, -0.2) is 0 Å². The number of hydrogen-bond donors (Lipinski definition) is 1. The van der Waals surface area contributed by atoms with Gasteiger partial charge in [0.15, 0.2) is 0 Å². The molecule has 0 aromatic heterocycles. The molecule has 2 aromatic carbocycles. The molecule has 0 spiro atoms. The molecule has 0 bridgehead atoms. The Morgan fingerprint density at radius 2 is 1.36 bits per heavy atom. The first-order chi connectivity index (χ1) is 12.0. The summed E-state index contributed by atoms with van der Waals surface area (Å²) in [6.07, 6.45) is 0. The molecule has 3 rings (SSSR count). The molecule has 1 aliphatic rings. The quantitative estimate of drug-likeness (QED) is 0.763. The van der Waals surface area contributed by atoms with Gasteiger partial charge in [-0.3, -0.25) is 0 Å². The fourth-order valence-electron chi connectivity index (χ4n) is 3.64. The van der Waals surface area contributed by atoms with E-state index in [0.717, 1.165) is 11.1 Å². The maximum atomic E-state index is 12.0. The third kappa shape index (κ3) is 2.42. The molecule has 0 atom stereocenters. The average Bonchev–Trinajstić information content (AvgIpc) is 2.86. The van der Waals surface area contributed by atoms with E-state index in [1.807, 2.05) is 67.6 Å². The molecule has 1 heterocycles. The van der Waals surface area contributed by atoms with Gasteiger partial charge >= 0.3 is 148 Å². The van der Waals surface area contributed by atoms with Gasteiger partial charge in [-0.2, -0.15) is 0 Å². The Hall–Kier alpha value is -1.78. The second kappa shape index (κ2) is 6.50. The van der Waals surface area contributed by atoms with E-state index >= 15 is 0 Å². The van der Waals surface area contributed by atoms with Crippen molar-refractivity contribution >= 4 is 13.2 Å². The van der Waals surface area contributed by atoms with Gasteiger partial charge in [-0.05, 0) is 0 Å². The van der Waals surface area contributed by atoms with Crippen molar-refractivity contribution in [3.63, 3.8) is 0 Å². The van der Waals surface area contributed by atoms with E-state index in [1.165, 1.54) is 0 Å². The van der Waals surface area contributed by atoms with E-state index in [0.29, 0.717) is 5.71 Å². The van der Waals surface area contributed by atoms with Crippen LogP contribution in [0.15, 0.2) is 65.8 Å². The number of oxime groups is 1. The molecule has 1 N–H and O–H groups in total. The Labute approximate surface area is 148 Å². The van der Waals surface area contributed by atoms with E-state index < -0.39 is 12.7 Å². The normalized spacial score (nSPS) is 21.6. The van der Waals surface area contributed by atoms with E-state index in [9.17, 15) is 4.89 Å². The van der Waals surface area contributed by atoms with Crippen LogP contribution in [-0.4, -0.2) is 23.8 Å². The van der Waals surface area contributed by atoms with Crippen molar-refractivity contribution < 1.29 is 18.6 Å². The van der Waals surface area contributed by atoms with Gasteiger partial charge in [0.2, 0.25) is 0 Å². The number of hydrogen-bond acceptors (Lipinski definition) is 5. The molecule has 0 saturated carbocycles. The fourth-order valence-corrected chi connectivity index (χ4v) is 7.24. The van der Waals surface area contributed by atoms with Gasteiger partial charge in [-0.15, -0.1) is 0 Å². The van der Waals surface area contributed by atoms with Gasteiger partial charge < -0.3 is 0 Å². The van der Waals surface area contributed by atoms with Crippen molar-refractivity contribution in [2.45, 2.75) is 25.9 Å². The minimum absolute atomic E-state index is 0.235. The second-order valence-corrected chi connectivity index (χ2v) is 8.91. The number of nitrogens with zero attached hydrogens (tertiary/aromatic N) is 1. The maximum absolute atomic E-state index is 12.0. The standard InChI is InChI=1S/C19H24NO4P/c1-4-22-25(21,23-5-2)19(16(3)20-24-25,17-12-8-6-9-13-17)18-14-10-7-11-15-18/h6-15,21H,4-5H2,1-3H3. The zero-order valence-corrected chi connectivity index (χ0v) is 15.6. The van der Waals surface area contributed by atoms with Crippen LogP contribution in [0.4, 0.5) is 0 Å². The summed E-state index contributed by atoms with van der Waals surface area (Å²) in [5, 5.41) is 3.04. The Bertz CT molecular complexity index is 718. The molecule has 5 nitrogen and oxygen atoms in total. The predicted molar refractivity (Wildman–Crippen MR) is 100 cm³/mol. The molecule has 0 amide bonds. The molecule has 0 aliphatic carbocycles. The monoisotopic (exact) mass is 361 g/mol. The van der Waals surface area contributed by atoms with Gasteiger partial charge in [0.25, 0.3) is 0 Å². The van der Waals surface area contributed by atoms with Crippen LogP contribution in [0, 0.1) is 0 Å². The van der Waals surface area contributed by atoms with E-state index in [-0.39, 0.29) is 13.2 Å². The first-order valence-electron chi connectivity index (χ1n) is 8.44. The molecule has 134 valence electrons. The second-order valence-electron chi connectivity index (χ2n) is 5.88.